The molecule has 0 amide bonds. The van der Waals surface area contributed by atoms with Gasteiger partial charge in [-0.3, -0.25) is 0 Å². The number of benzene rings is 1. The Labute approximate surface area is 172 Å². The maximum Gasteiger partial charge on any atom is 0.231 e. The molecule has 0 bridgehead atoms. The molecule has 158 valence electrons. The van der Waals surface area contributed by atoms with Crippen molar-refractivity contribution in [3.8, 4) is 11.5 Å². The number of nitrogens with zero attached hydrogens (tertiary/aromatic N) is 4. The van der Waals surface area contributed by atoms with Crippen LogP contribution in [0.15, 0.2) is 24.3 Å². The Morgan fingerprint density at radius 2 is 1.90 bits per heavy atom. The highest BCUT2D eigenvalue weighted by atomic mass is 16.5. The Morgan fingerprint density at radius 1 is 1.10 bits per heavy atom. The molecular weight excluding hydrogens is 370 g/mol. The number of nitrogens with two attached hydrogens (primary N) is 1. The normalized spacial score (nSPS) is 14.2. The Bertz CT molecular complexity index is 796. The molecule has 1 fully saturated rings. The van der Waals surface area contributed by atoms with E-state index in [4.69, 9.17) is 19.9 Å². The van der Waals surface area contributed by atoms with Crippen LogP contribution in [0.1, 0.15) is 25.0 Å². The van der Waals surface area contributed by atoms with Crippen LogP contribution in [-0.2, 0) is 11.3 Å². The molecule has 0 saturated carbocycles. The molecule has 1 aliphatic rings. The van der Waals surface area contributed by atoms with Gasteiger partial charge in [-0.15, -0.1) is 0 Å². The minimum atomic E-state index is 0.377. The van der Waals surface area contributed by atoms with E-state index < -0.39 is 0 Å². The number of nitrogen functional groups attached to an aromatic ring is 1. The molecule has 0 atom stereocenters. The summed E-state index contributed by atoms with van der Waals surface area (Å²) < 4.78 is 16.7. The molecule has 1 aliphatic heterocycles. The average Bonchev–Trinajstić information content (AvgIpc) is 3.24. The monoisotopic (exact) mass is 401 g/mol. The first-order chi connectivity index (χ1) is 14.1. The van der Waals surface area contributed by atoms with Crippen molar-refractivity contribution in [2.75, 3.05) is 58.1 Å². The summed E-state index contributed by atoms with van der Waals surface area (Å²) in [7, 11) is 5.16. The molecule has 1 aromatic carbocycles. The van der Waals surface area contributed by atoms with E-state index in [1.165, 1.54) is 25.9 Å². The van der Waals surface area contributed by atoms with Crippen LogP contribution in [0, 0.1) is 0 Å². The van der Waals surface area contributed by atoms with Gasteiger partial charge in [-0.25, -0.2) is 4.98 Å². The minimum Gasteiger partial charge on any atom is -0.493 e. The van der Waals surface area contributed by atoms with E-state index in [0.717, 1.165) is 24.3 Å². The van der Waals surface area contributed by atoms with Crippen LogP contribution in [-0.4, -0.2) is 62.4 Å². The molecule has 0 radical (unpaired) electrons. The lowest BCUT2D eigenvalue weighted by atomic mass is 10.2. The molecule has 2 N–H and O–H groups in total. The Morgan fingerprint density at radius 3 is 2.62 bits per heavy atom. The van der Waals surface area contributed by atoms with Gasteiger partial charge in [-0.05, 0) is 44.5 Å². The third-order valence-corrected chi connectivity index (χ3v) is 4.99. The molecule has 8 nitrogen and oxygen atoms in total. The topological polar surface area (TPSA) is 86.0 Å². The second-order valence-corrected chi connectivity index (χ2v) is 7.16. The highest BCUT2D eigenvalue weighted by Gasteiger charge is 2.14. The molecule has 29 heavy (non-hydrogen) atoms. The summed E-state index contributed by atoms with van der Waals surface area (Å²) in [6.07, 6.45) is 3.60. The SMILES string of the molecule is COCc1cc(N)nc(N(C)c2ccc(OC)c(OCCCN3CCCC3)c2)n1. The number of likely N-dealkylation sites (tertiary alicyclic amines) is 1. The van der Waals surface area contributed by atoms with Gasteiger partial charge >= 0.3 is 0 Å². The predicted octanol–water partition coefficient (Wildman–Crippen LogP) is 2.85. The summed E-state index contributed by atoms with van der Waals surface area (Å²) in [5.74, 6) is 2.32. The van der Waals surface area contributed by atoms with E-state index in [2.05, 4.69) is 14.9 Å². The van der Waals surface area contributed by atoms with E-state index in [1.54, 1.807) is 20.3 Å². The van der Waals surface area contributed by atoms with Crippen molar-refractivity contribution in [1.29, 1.82) is 0 Å². The second-order valence-electron chi connectivity index (χ2n) is 7.16. The van der Waals surface area contributed by atoms with Crippen LogP contribution in [0.2, 0.25) is 0 Å². The molecule has 0 spiro atoms. The zero-order valence-corrected chi connectivity index (χ0v) is 17.6. The van der Waals surface area contributed by atoms with E-state index >= 15 is 0 Å². The van der Waals surface area contributed by atoms with E-state index in [0.29, 0.717) is 36.5 Å². The smallest absolute Gasteiger partial charge is 0.231 e. The van der Waals surface area contributed by atoms with Gasteiger partial charge in [-0.1, -0.05) is 0 Å². The van der Waals surface area contributed by atoms with Crippen LogP contribution in [0.25, 0.3) is 0 Å². The third kappa shape index (κ3) is 5.71. The average molecular weight is 402 g/mol. The number of aromatic nitrogens is 2. The number of anilines is 3. The van der Waals surface area contributed by atoms with Gasteiger partial charge in [0.25, 0.3) is 0 Å². The van der Waals surface area contributed by atoms with Crippen molar-refractivity contribution in [1.82, 2.24) is 14.9 Å². The lowest BCUT2D eigenvalue weighted by Crippen LogP contribution is -2.22. The Kier molecular flexibility index (Phi) is 7.48. The number of hydrogen-bond acceptors (Lipinski definition) is 8. The van der Waals surface area contributed by atoms with Gasteiger partial charge in [-0.2, -0.15) is 4.98 Å². The largest absolute Gasteiger partial charge is 0.493 e. The van der Waals surface area contributed by atoms with Gasteiger partial charge in [0, 0.05) is 38.5 Å². The highest BCUT2D eigenvalue weighted by molar-refractivity contribution is 5.62. The summed E-state index contributed by atoms with van der Waals surface area (Å²) in [4.78, 5) is 13.2. The summed E-state index contributed by atoms with van der Waals surface area (Å²) >= 11 is 0. The molecule has 3 rings (SSSR count). The van der Waals surface area contributed by atoms with E-state index in [9.17, 15) is 0 Å². The zero-order chi connectivity index (χ0) is 20.6. The molecule has 8 heteroatoms. The summed E-state index contributed by atoms with van der Waals surface area (Å²) in [6.45, 7) is 4.50. The van der Waals surface area contributed by atoms with Crippen LogP contribution < -0.4 is 20.1 Å². The Balaban J connectivity index is 1.69. The van der Waals surface area contributed by atoms with Crippen molar-refractivity contribution in [2.24, 2.45) is 0 Å². The first-order valence-electron chi connectivity index (χ1n) is 10.00. The van der Waals surface area contributed by atoms with Gasteiger partial charge in [0.2, 0.25) is 5.95 Å². The number of rotatable bonds is 10. The van der Waals surface area contributed by atoms with E-state index in [-0.39, 0.29) is 0 Å². The van der Waals surface area contributed by atoms with Crippen molar-refractivity contribution in [3.05, 3.63) is 30.0 Å². The van der Waals surface area contributed by atoms with Crippen molar-refractivity contribution in [2.45, 2.75) is 25.9 Å². The fourth-order valence-corrected chi connectivity index (χ4v) is 3.45. The lowest BCUT2D eigenvalue weighted by Gasteiger charge is -2.20. The maximum atomic E-state index is 6.04. The second kappa shape index (κ2) is 10.3. The summed E-state index contributed by atoms with van der Waals surface area (Å²) in [6, 6.07) is 7.49. The fourth-order valence-electron chi connectivity index (χ4n) is 3.45. The van der Waals surface area contributed by atoms with Gasteiger partial charge in [0.15, 0.2) is 11.5 Å². The third-order valence-electron chi connectivity index (χ3n) is 4.99. The standard InChI is InChI=1S/C21H31N5O3/c1-25(21-23-16(15-27-2)13-20(22)24-21)17-7-8-18(28-3)19(14-17)29-12-6-11-26-9-4-5-10-26/h7-8,13-14H,4-6,9-12,15H2,1-3H3,(H2,22,23,24). The molecule has 1 saturated heterocycles. The van der Waals surface area contributed by atoms with Gasteiger partial charge < -0.3 is 29.7 Å². The van der Waals surface area contributed by atoms with Crippen molar-refractivity contribution in [3.63, 3.8) is 0 Å². The minimum absolute atomic E-state index is 0.377. The molecule has 0 unspecified atom stereocenters. The predicted molar refractivity (Wildman–Crippen MR) is 114 cm³/mol. The highest BCUT2D eigenvalue weighted by Crippen LogP contribution is 2.33. The number of ether oxygens (including phenoxy) is 3. The fraction of sp³-hybridized carbons (Fsp3) is 0.524. The van der Waals surface area contributed by atoms with Crippen LogP contribution in [0.4, 0.5) is 17.5 Å². The van der Waals surface area contributed by atoms with Gasteiger partial charge in [0.1, 0.15) is 5.82 Å². The van der Waals surface area contributed by atoms with Crippen LogP contribution in [0.3, 0.4) is 0 Å². The van der Waals surface area contributed by atoms with E-state index in [1.807, 2.05) is 30.1 Å². The lowest BCUT2D eigenvalue weighted by molar-refractivity contribution is 0.181. The summed E-state index contributed by atoms with van der Waals surface area (Å²) in [5.41, 5.74) is 7.55. The maximum absolute atomic E-state index is 6.04. The molecule has 0 aliphatic carbocycles. The number of hydrogen-bond donors (Lipinski definition) is 1. The molecule has 1 aromatic heterocycles. The van der Waals surface area contributed by atoms with Crippen LogP contribution in [0.5, 0.6) is 11.5 Å². The molecule has 2 aromatic rings. The molecular formula is C21H31N5O3. The first kappa shape index (κ1) is 21.1. The Hall–Kier alpha value is -2.58. The van der Waals surface area contributed by atoms with Crippen molar-refractivity contribution >= 4 is 17.5 Å². The number of methoxy groups -OCH3 is 2. The zero-order valence-electron chi connectivity index (χ0n) is 17.6. The van der Waals surface area contributed by atoms with Crippen LogP contribution >= 0.6 is 0 Å². The molecule has 2 heterocycles. The summed E-state index contributed by atoms with van der Waals surface area (Å²) in [5, 5.41) is 0. The quantitative estimate of drug-likeness (QED) is 0.608. The van der Waals surface area contributed by atoms with Crippen molar-refractivity contribution < 1.29 is 14.2 Å². The first-order valence-corrected chi connectivity index (χ1v) is 10.00. The van der Waals surface area contributed by atoms with Gasteiger partial charge in [0.05, 0.1) is 26.0 Å².